The summed E-state index contributed by atoms with van der Waals surface area (Å²) in [5, 5.41) is 8.84. The third-order valence-electron chi connectivity index (χ3n) is 2.19. The number of rotatable bonds is 3. The van der Waals surface area contributed by atoms with Crippen molar-refractivity contribution in [2.45, 2.75) is 26.3 Å². The summed E-state index contributed by atoms with van der Waals surface area (Å²) < 4.78 is 1.78. The minimum Gasteiger partial charge on any atom is -0.244 e. The summed E-state index contributed by atoms with van der Waals surface area (Å²) in [6.45, 7) is 4.74. The Morgan fingerprint density at radius 1 is 1.47 bits per heavy atom. The van der Waals surface area contributed by atoms with Crippen LogP contribution in [0.5, 0.6) is 0 Å². The lowest BCUT2D eigenvalue weighted by molar-refractivity contribution is 0.627. The third kappa shape index (κ3) is 2.18. The standard InChI is InChI=1S/C9H11ClN4S/c1-6-7(2)15-9(12-6)5-14-8(3-10)4-11-13-14/h4H,3,5H2,1-2H3. The van der Waals surface area contributed by atoms with E-state index >= 15 is 0 Å². The van der Waals surface area contributed by atoms with Crippen molar-refractivity contribution < 1.29 is 0 Å². The van der Waals surface area contributed by atoms with Crippen LogP contribution in [0.15, 0.2) is 6.20 Å². The zero-order valence-electron chi connectivity index (χ0n) is 8.57. The van der Waals surface area contributed by atoms with Crippen LogP contribution >= 0.6 is 22.9 Å². The number of alkyl halides is 1. The van der Waals surface area contributed by atoms with Gasteiger partial charge in [0.2, 0.25) is 0 Å². The largest absolute Gasteiger partial charge is 0.244 e. The lowest BCUT2D eigenvalue weighted by atomic mass is 10.4. The smallest absolute Gasteiger partial charge is 0.115 e. The van der Waals surface area contributed by atoms with E-state index in [2.05, 4.69) is 22.2 Å². The van der Waals surface area contributed by atoms with Gasteiger partial charge in [0.15, 0.2) is 0 Å². The van der Waals surface area contributed by atoms with Crippen molar-refractivity contribution in [3.05, 3.63) is 27.5 Å². The number of hydrogen-bond donors (Lipinski definition) is 0. The molecule has 0 fully saturated rings. The van der Waals surface area contributed by atoms with E-state index in [0.717, 1.165) is 16.4 Å². The van der Waals surface area contributed by atoms with Crippen molar-refractivity contribution in [3.63, 3.8) is 0 Å². The number of nitrogens with zero attached hydrogens (tertiary/aromatic N) is 4. The molecule has 0 saturated carbocycles. The Morgan fingerprint density at radius 2 is 2.27 bits per heavy atom. The number of aromatic nitrogens is 4. The third-order valence-corrected chi connectivity index (χ3v) is 3.52. The molecule has 4 nitrogen and oxygen atoms in total. The highest BCUT2D eigenvalue weighted by molar-refractivity contribution is 7.11. The molecule has 15 heavy (non-hydrogen) atoms. The Hall–Kier alpha value is -0.940. The molecule has 0 aliphatic heterocycles. The minimum absolute atomic E-state index is 0.427. The summed E-state index contributed by atoms with van der Waals surface area (Å²) in [6, 6.07) is 0. The predicted molar refractivity (Wildman–Crippen MR) is 60.3 cm³/mol. The van der Waals surface area contributed by atoms with Gasteiger partial charge in [0.25, 0.3) is 0 Å². The van der Waals surface area contributed by atoms with Gasteiger partial charge in [-0.1, -0.05) is 5.21 Å². The van der Waals surface area contributed by atoms with Crippen molar-refractivity contribution in [2.24, 2.45) is 0 Å². The molecule has 0 N–H and O–H groups in total. The van der Waals surface area contributed by atoms with Gasteiger partial charge in [0.1, 0.15) is 5.01 Å². The van der Waals surface area contributed by atoms with Gasteiger partial charge >= 0.3 is 0 Å². The molecular weight excluding hydrogens is 232 g/mol. The minimum atomic E-state index is 0.427. The van der Waals surface area contributed by atoms with Gasteiger partial charge in [-0.15, -0.1) is 28.0 Å². The first-order valence-corrected chi connectivity index (χ1v) is 5.92. The lowest BCUT2D eigenvalue weighted by Crippen LogP contribution is -2.05. The first-order chi connectivity index (χ1) is 7.20. The molecule has 0 aliphatic carbocycles. The Bertz CT molecular complexity index is 443. The highest BCUT2D eigenvalue weighted by atomic mass is 35.5. The van der Waals surface area contributed by atoms with E-state index in [9.17, 15) is 0 Å². The predicted octanol–water partition coefficient (Wildman–Crippen LogP) is 2.14. The maximum atomic E-state index is 5.76. The van der Waals surface area contributed by atoms with E-state index in [0.29, 0.717) is 12.4 Å². The summed E-state index contributed by atoms with van der Waals surface area (Å²) in [5.74, 6) is 0.427. The van der Waals surface area contributed by atoms with E-state index < -0.39 is 0 Å². The van der Waals surface area contributed by atoms with Crippen LogP contribution in [0.4, 0.5) is 0 Å². The van der Waals surface area contributed by atoms with Crippen LogP contribution in [-0.2, 0) is 12.4 Å². The molecule has 0 amide bonds. The molecular formula is C9H11ClN4S. The first-order valence-electron chi connectivity index (χ1n) is 4.57. The van der Waals surface area contributed by atoms with Crippen LogP contribution in [0.2, 0.25) is 0 Å². The molecule has 2 aromatic heterocycles. The van der Waals surface area contributed by atoms with Gasteiger partial charge in [-0.05, 0) is 13.8 Å². The van der Waals surface area contributed by atoms with Crippen LogP contribution in [0.3, 0.4) is 0 Å². The Kier molecular flexibility index (Phi) is 3.02. The second-order valence-corrected chi connectivity index (χ2v) is 4.82. The lowest BCUT2D eigenvalue weighted by Gasteiger charge is -1.99. The maximum Gasteiger partial charge on any atom is 0.115 e. The fourth-order valence-corrected chi connectivity index (χ4v) is 2.37. The Balaban J connectivity index is 2.21. The van der Waals surface area contributed by atoms with Crippen molar-refractivity contribution >= 4 is 22.9 Å². The van der Waals surface area contributed by atoms with Crippen LogP contribution in [0.25, 0.3) is 0 Å². The van der Waals surface area contributed by atoms with Crippen molar-refractivity contribution in [1.82, 2.24) is 20.0 Å². The average Bonchev–Trinajstić information content (AvgIpc) is 2.75. The normalized spacial score (nSPS) is 10.9. The van der Waals surface area contributed by atoms with Crippen molar-refractivity contribution in [2.75, 3.05) is 0 Å². The van der Waals surface area contributed by atoms with Gasteiger partial charge < -0.3 is 0 Å². The van der Waals surface area contributed by atoms with E-state index in [-0.39, 0.29) is 0 Å². The van der Waals surface area contributed by atoms with Crippen LogP contribution in [0.1, 0.15) is 21.3 Å². The zero-order valence-corrected chi connectivity index (χ0v) is 10.1. The van der Waals surface area contributed by atoms with E-state index in [1.165, 1.54) is 4.88 Å². The quantitative estimate of drug-likeness (QED) is 0.775. The van der Waals surface area contributed by atoms with Gasteiger partial charge in [-0.25, -0.2) is 9.67 Å². The molecule has 2 heterocycles. The number of thiazole rings is 1. The topological polar surface area (TPSA) is 43.6 Å². The van der Waals surface area contributed by atoms with Crippen molar-refractivity contribution in [3.8, 4) is 0 Å². The van der Waals surface area contributed by atoms with Gasteiger partial charge in [0, 0.05) is 4.88 Å². The fraction of sp³-hybridized carbons (Fsp3) is 0.444. The molecule has 2 aromatic rings. The van der Waals surface area contributed by atoms with E-state index in [1.54, 1.807) is 22.2 Å². The number of aryl methyl sites for hydroxylation is 2. The van der Waals surface area contributed by atoms with Crippen molar-refractivity contribution in [1.29, 1.82) is 0 Å². The molecule has 0 aromatic carbocycles. The Morgan fingerprint density at radius 3 is 2.87 bits per heavy atom. The summed E-state index contributed by atoms with van der Waals surface area (Å²) in [6.07, 6.45) is 1.68. The second-order valence-electron chi connectivity index (χ2n) is 3.27. The summed E-state index contributed by atoms with van der Waals surface area (Å²) in [7, 11) is 0. The molecule has 6 heteroatoms. The highest BCUT2D eigenvalue weighted by Gasteiger charge is 2.07. The van der Waals surface area contributed by atoms with Crippen LogP contribution in [-0.4, -0.2) is 20.0 Å². The van der Waals surface area contributed by atoms with Crippen LogP contribution < -0.4 is 0 Å². The molecule has 0 unspecified atom stereocenters. The average molecular weight is 243 g/mol. The molecule has 0 aliphatic rings. The summed E-state index contributed by atoms with van der Waals surface area (Å²) >= 11 is 7.45. The second kappa shape index (κ2) is 4.28. The van der Waals surface area contributed by atoms with E-state index in [4.69, 9.17) is 11.6 Å². The van der Waals surface area contributed by atoms with Crippen LogP contribution in [0, 0.1) is 13.8 Å². The molecule has 80 valence electrons. The summed E-state index contributed by atoms with van der Waals surface area (Å²) in [5.41, 5.74) is 2.00. The summed E-state index contributed by atoms with van der Waals surface area (Å²) in [4.78, 5) is 5.70. The molecule has 0 saturated heterocycles. The molecule has 0 bridgehead atoms. The molecule has 0 spiro atoms. The van der Waals surface area contributed by atoms with Gasteiger partial charge in [-0.3, -0.25) is 0 Å². The first kappa shape index (κ1) is 10.6. The molecule has 0 atom stereocenters. The number of hydrogen-bond acceptors (Lipinski definition) is 4. The molecule has 2 rings (SSSR count). The van der Waals surface area contributed by atoms with Gasteiger partial charge in [0.05, 0.1) is 30.0 Å². The Labute approximate surface area is 96.9 Å². The monoisotopic (exact) mass is 242 g/mol. The van der Waals surface area contributed by atoms with E-state index in [1.807, 2.05) is 6.92 Å². The van der Waals surface area contributed by atoms with Gasteiger partial charge in [-0.2, -0.15) is 0 Å². The number of halogens is 1. The zero-order chi connectivity index (χ0) is 10.8. The fourth-order valence-electron chi connectivity index (χ4n) is 1.25. The maximum absolute atomic E-state index is 5.76. The highest BCUT2D eigenvalue weighted by Crippen LogP contribution is 2.17. The molecule has 0 radical (unpaired) electrons. The SMILES string of the molecule is Cc1nc(Cn2nncc2CCl)sc1C.